The van der Waals surface area contributed by atoms with Gasteiger partial charge in [0.05, 0.1) is 16.8 Å². The minimum atomic E-state index is -0.696. The maximum atomic E-state index is 13.4. The number of hydrogen-bond donors (Lipinski definition) is 2. The monoisotopic (exact) mass is 517 g/mol. The summed E-state index contributed by atoms with van der Waals surface area (Å²) in [6.07, 6.45) is 0. The number of nitrogens with one attached hydrogen (secondary N) is 1. The van der Waals surface area contributed by atoms with Gasteiger partial charge in [0.2, 0.25) is 0 Å². The van der Waals surface area contributed by atoms with Crippen LogP contribution in [-0.4, -0.2) is 60.7 Å². The molecule has 0 saturated carbocycles. The van der Waals surface area contributed by atoms with Crippen LogP contribution in [-0.2, 0) is 4.74 Å². The van der Waals surface area contributed by atoms with Gasteiger partial charge in [-0.15, -0.1) is 0 Å². The van der Waals surface area contributed by atoms with Gasteiger partial charge in [-0.3, -0.25) is 4.79 Å². The molecule has 7 heteroatoms. The first kappa shape index (κ1) is 28.7. The Morgan fingerprint density at radius 2 is 1.55 bits per heavy atom. The van der Waals surface area contributed by atoms with E-state index in [1.54, 1.807) is 45.0 Å². The minimum Gasteiger partial charge on any atom is -0.507 e. The van der Waals surface area contributed by atoms with Gasteiger partial charge in [-0.05, 0) is 75.3 Å². The van der Waals surface area contributed by atoms with E-state index in [0.717, 1.165) is 43.0 Å². The Kier molecular flexibility index (Phi) is 9.53. The van der Waals surface area contributed by atoms with E-state index in [9.17, 15) is 14.7 Å². The van der Waals surface area contributed by atoms with Gasteiger partial charge in [0.1, 0.15) is 11.4 Å². The number of phenols is 1. The molecule has 0 aromatic heterocycles. The molecule has 1 amide bonds. The molecule has 0 spiro atoms. The molecule has 0 heterocycles. The molecule has 3 aromatic rings. The molecule has 0 bridgehead atoms. The summed E-state index contributed by atoms with van der Waals surface area (Å²) in [6, 6.07) is 19.9. The highest BCUT2D eigenvalue weighted by atomic mass is 16.6. The van der Waals surface area contributed by atoms with Gasteiger partial charge in [0.25, 0.3) is 5.91 Å². The molecule has 38 heavy (non-hydrogen) atoms. The van der Waals surface area contributed by atoms with Crippen molar-refractivity contribution >= 4 is 23.3 Å². The number of anilines is 2. The van der Waals surface area contributed by atoms with E-state index in [1.165, 1.54) is 6.07 Å². The van der Waals surface area contributed by atoms with Crippen molar-refractivity contribution in [2.24, 2.45) is 0 Å². The first-order valence-electron chi connectivity index (χ1n) is 13.0. The molecule has 202 valence electrons. The molecule has 3 rings (SSSR count). The van der Waals surface area contributed by atoms with Gasteiger partial charge in [0.15, 0.2) is 0 Å². The highest BCUT2D eigenvalue weighted by molar-refractivity contribution is 6.10. The average molecular weight is 518 g/mol. The lowest BCUT2D eigenvalue weighted by molar-refractivity contribution is 0.00707. The van der Waals surface area contributed by atoms with Crippen LogP contribution in [0.4, 0.5) is 11.4 Å². The van der Waals surface area contributed by atoms with Crippen LogP contribution in [0.3, 0.4) is 0 Å². The third-order valence-electron chi connectivity index (χ3n) is 6.31. The second-order valence-electron chi connectivity index (χ2n) is 10.2. The summed E-state index contributed by atoms with van der Waals surface area (Å²) >= 11 is 0. The van der Waals surface area contributed by atoms with E-state index in [0.29, 0.717) is 5.69 Å². The number of carbonyl (C=O) groups excluding carboxylic acids is 2. The van der Waals surface area contributed by atoms with Crippen LogP contribution in [0.2, 0.25) is 0 Å². The Morgan fingerprint density at radius 1 is 0.868 bits per heavy atom. The fourth-order valence-corrected chi connectivity index (χ4v) is 4.06. The zero-order chi connectivity index (χ0) is 27.9. The number of nitrogens with zero attached hydrogens (tertiary/aromatic N) is 2. The van der Waals surface area contributed by atoms with Crippen molar-refractivity contribution in [3.63, 3.8) is 0 Å². The molecule has 0 saturated heterocycles. The Hall–Kier alpha value is -3.84. The average Bonchev–Trinajstić information content (AvgIpc) is 2.88. The Labute approximate surface area is 226 Å². The Morgan fingerprint density at radius 3 is 2.18 bits per heavy atom. The number of rotatable bonds is 10. The number of phenolic OH excluding ortho intramolecular Hbond substituents is 1. The van der Waals surface area contributed by atoms with E-state index in [1.807, 2.05) is 43.4 Å². The largest absolute Gasteiger partial charge is 0.507 e. The lowest BCUT2D eigenvalue weighted by Gasteiger charge is -2.25. The molecule has 0 unspecified atom stereocenters. The maximum absolute atomic E-state index is 13.4. The van der Waals surface area contributed by atoms with Crippen molar-refractivity contribution in [3.8, 4) is 16.9 Å². The number of ether oxygens (including phenoxy) is 1. The maximum Gasteiger partial charge on any atom is 0.340 e. The highest BCUT2D eigenvalue weighted by Gasteiger charge is 2.23. The molecule has 0 aliphatic carbocycles. The standard InChI is InChI=1S/C31H39N3O4/c1-7-34(8-2)19-18-33(6)24-15-17-28(35)26(21-24)29(36)32-27-20-23(22-12-10-9-11-13-22)14-16-25(27)30(37)38-31(3,4)5/h9-17,20-21,35H,7-8,18-19H2,1-6H3,(H,32,36). The van der Waals surface area contributed by atoms with E-state index in [2.05, 4.69) is 29.0 Å². The summed E-state index contributed by atoms with van der Waals surface area (Å²) in [5.74, 6) is -1.19. The molecule has 0 radical (unpaired) electrons. The molecular formula is C31H39N3O4. The van der Waals surface area contributed by atoms with Crippen molar-refractivity contribution < 1.29 is 19.4 Å². The lowest BCUT2D eigenvalue weighted by Crippen LogP contribution is -2.33. The lowest BCUT2D eigenvalue weighted by atomic mass is 10.0. The minimum absolute atomic E-state index is 0.123. The van der Waals surface area contributed by atoms with Gasteiger partial charge in [-0.25, -0.2) is 4.79 Å². The Balaban J connectivity index is 1.92. The summed E-state index contributed by atoms with van der Waals surface area (Å²) in [4.78, 5) is 30.8. The van der Waals surface area contributed by atoms with Gasteiger partial charge in [-0.2, -0.15) is 0 Å². The van der Waals surface area contributed by atoms with Crippen molar-refractivity contribution in [1.29, 1.82) is 0 Å². The van der Waals surface area contributed by atoms with Crippen molar-refractivity contribution in [2.75, 3.05) is 43.4 Å². The molecule has 0 atom stereocenters. The third kappa shape index (κ3) is 7.59. The van der Waals surface area contributed by atoms with Gasteiger partial charge in [0, 0.05) is 25.8 Å². The van der Waals surface area contributed by atoms with E-state index >= 15 is 0 Å². The summed E-state index contributed by atoms with van der Waals surface area (Å²) in [7, 11) is 1.96. The number of hydrogen-bond acceptors (Lipinski definition) is 6. The number of carbonyl (C=O) groups is 2. The van der Waals surface area contributed by atoms with E-state index in [-0.39, 0.29) is 16.9 Å². The number of aromatic hydroxyl groups is 1. The predicted octanol–water partition coefficient (Wildman–Crippen LogP) is 6.04. The molecular weight excluding hydrogens is 478 g/mol. The topological polar surface area (TPSA) is 82.1 Å². The fraction of sp³-hybridized carbons (Fsp3) is 0.355. The summed E-state index contributed by atoms with van der Waals surface area (Å²) in [6.45, 7) is 13.2. The van der Waals surface area contributed by atoms with Crippen LogP contribution in [0, 0.1) is 0 Å². The quantitative estimate of drug-likeness (QED) is 0.319. The van der Waals surface area contributed by atoms with Gasteiger partial charge >= 0.3 is 5.97 Å². The molecule has 0 aliphatic heterocycles. The van der Waals surface area contributed by atoms with Crippen molar-refractivity contribution in [2.45, 2.75) is 40.2 Å². The molecule has 0 fully saturated rings. The third-order valence-corrected chi connectivity index (χ3v) is 6.31. The predicted molar refractivity (Wildman–Crippen MR) is 154 cm³/mol. The van der Waals surface area contributed by atoms with E-state index < -0.39 is 17.5 Å². The second kappa shape index (κ2) is 12.6. The smallest absolute Gasteiger partial charge is 0.340 e. The number of esters is 1. The number of likely N-dealkylation sites (N-methyl/N-ethyl adjacent to an activating group) is 2. The first-order chi connectivity index (χ1) is 18.0. The summed E-state index contributed by atoms with van der Waals surface area (Å²) in [5.41, 5.74) is 2.56. The normalized spacial score (nSPS) is 11.3. The van der Waals surface area contributed by atoms with Crippen molar-refractivity contribution in [1.82, 2.24) is 4.90 Å². The van der Waals surface area contributed by atoms with Gasteiger partial charge < -0.3 is 25.0 Å². The Bertz CT molecular complexity index is 1250. The summed E-state index contributed by atoms with van der Waals surface area (Å²) < 4.78 is 5.59. The highest BCUT2D eigenvalue weighted by Crippen LogP contribution is 2.30. The van der Waals surface area contributed by atoms with Crippen LogP contribution in [0.1, 0.15) is 55.3 Å². The number of amides is 1. The van der Waals surface area contributed by atoms with Crippen LogP contribution >= 0.6 is 0 Å². The van der Waals surface area contributed by atoms with Crippen LogP contribution < -0.4 is 10.2 Å². The SMILES string of the molecule is CCN(CC)CCN(C)c1ccc(O)c(C(=O)Nc2cc(-c3ccccc3)ccc2C(=O)OC(C)(C)C)c1. The zero-order valence-electron chi connectivity index (χ0n) is 23.2. The summed E-state index contributed by atoms with van der Waals surface area (Å²) in [5, 5.41) is 13.4. The molecule has 3 aromatic carbocycles. The molecule has 0 aliphatic rings. The second-order valence-corrected chi connectivity index (χ2v) is 10.2. The van der Waals surface area contributed by atoms with Crippen LogP contribution in [0.15, 0.2) is 66.7 Å². The van der Waals surface area contributed by atoms with Gasteiger partial charge in [-0.1, -0.05) is 50.2 Å². The fourth-order valence-electron chi connectivity index (χ4n) is 4.06. The van der Waals surface area contributed by atoms with E-state index in [4.69, 9.17) is 4.74 Å². The van der Waals surface area contributed by atoms with Crippen molar-refractivity contribution in [3.05, 3.63) is 77.9 Å². The van der Waals surface area contributed by atoms with Crippen LogP contribution in [0.25, 0.3) is 11.1 Å². The first-order valence-corrected chi connectivity index (χ1v) is 13.0. The zero-order valence-corrected chi connectivity index (χ0v) is 23.2. The molecule has 2 N–H and O–H groups in total. The molecule has 7 nitrogen and oxygen atoms in total. The number of benzene rings is 3. The van der Waals surface area contributed by atoms with Crippen LogP contribution in [0.5, 0.6) is 5.75 Å².